The van der Waals surface area contributed by atoms with Crippen LogP contribution in [0.15, 0.2) is 11.4 Å². The summed E-state index contributed by atoms with van der Waals surface area (Å²) < 4.78 is 0. The van der Waals surface area contributed by atoms with Crippen molar-refractivity contribution in [1.82, 2.24) is 0 Å². The third kappa shape index (κ3) is 0.857. The number of carbonyl (C=O) groups excluding carboxylic acids is 1. The van der Waals surface area contributed by atoms with Crippen LogP contribution in [0.25, 0.3) is 0 Å². The van der Waals surface area contributed by atoms with E-state index in [1.807, 2.05) is 11.4 Å². The minimum atomic E-state index is 0.0978. The Balaban J connectivity index is 2.63. The first-order chi connectivity index (χ1) is 5.11. The highest BCUT2D eigenvalue weighted by Gasteiger charge is 2.36. The molecule has 1 aliphatic rings. The number of hydrogen-bond acceptors (Lipinski definition) is 2. The van der Waals surface area contributed by atoms with Gasteiger partial charge in [0.1, 0.15) is 0 Å². The molecular formula is C9H10OS. The molecule has 0 aromatic carbocycles. The molecule has 0 unspecified atom stereocenters. The number of ketones is 1. The van der Waals surface area contributed by atoms with Gasteiger partial charge < -0.3 is 0 Å². The Morgan fingerprint density at radius 1 is 1.55 bits per heavy atom. The number of thiophene rings is 1. The highest BCUT2D eigenvalue weighted by molar-refractivity contribution is 7.10. The molecule has 1 nitrogen and oxygen atoms in total. The van der Waals surface area contributed by atoms with Gasteiger partial charge in [0.05, 0.1) is 0 Å². The molecule has 0 spiro atoms. The minimum Gasteiger partial charge on any atom is -0.294 e. The van der Waals surface area contributed by atoms with Gasteiger partial charge in [0.15, 0.2) is 5.78 Å². The van der Waals surface area contributed by atoms with Gasteiger partial charge in [0.25, 0.3) is 0 Å². The van der Waals surface area contributed by atoms with Gasteiger partial charge in [-0.05, 0) is 11.4 Å². The molecule has 0 saturated carbocycles. The second-order valence-electron chi connectivity index (χ2n) is 3.65. The van der Waals surface area contributed by atoms with E-state index in [1.54, 1.807) is 11.3 Å². The van der Waals surface area contributed by atoms with Crippen LogP contribution in [0, 0.1) is 0 Å². The van der Waals surface area contributed by atoms with E-state index in [2.05, 4.69) is 13.8 Å². The molecule has 0 radical (unpaired) electrons. The summed E-state index contributed by atoms with van der Waals surface area (Å²) in [7, 11) is 0. The Kier molecular flexibility index (Phi) is 1.25. The normalized spacial score (nSPS) is 20.4. The van der Waals surface area contributed by atoms with E-state index in [9.17, 15) is 4.79 Å². The van der Waals surface area contributed by atoms with Crippen molar-refractivity contribution in [2.75, 3.05) is 0 Å². The first kappa shape index (κ1) is 7.04. The fourth-order valence-corrected chi connectivity index (χ4v) is 2.67. The van der Waals surface area contributed by atoms with Crippen LogP contribution in [0.5, 0.6) is 0 Å². The SMILES string of the molecule is CC1(C)CC(=O)c2ccsc21. The van der Waals surface area contributed by atoms with Gasteiger partial charge in [-0.15, -0.1) is 11.3 Å². The molecule has 2 rings (SSSR count). The van der Waals surface area contributed by atoms with E-state index >= 15 is 0 Å². The van der Waals surface area contributed by atoms with E-state index in [0.717, 1.165) is 5.56 Å². The van der Waals surface area contributed by atoms with Crippen LogP contribution in [0.3, 0.4) is 0 Å². The Labute approximate surface area is 70.1 Å². The molecule has 0 fully saturated rings. The largest absolute Gasteiger partial charge is 0.294 e. The van der Waals surface area contributed by atoms with Gasteiger partial charge in [-0.3, -0.25) is 4.79 Å². The standard InChI is InChI=1S/C9H10OS/c1-9(2)5-7(10)6-3-4-11-8(6)9/h3-4H,5H2,1-2H3. The molecule has 58 valence electrons. The van der Waals surface area contributed by atoms with Crippen molar-refractivity contribution in [2.24, 2.45) is 0 Å². The summed E-state index contributed by atoms with van der Waals surface area (Å²) in [6.07, 6.45) is 0.689. The van der Waals surface area contributed by atoms with Crippen molar-refractivity contribution in [2.45, 2.75) is 25.7 Å². The number of fused-ring (bicyclic) bond motifs is 1. The zero-order chi connectivity index (χ0) is 8.06. The average molecular weight is 166 g/mol. The maximum Gasteiger partial charge on any atom is 0.164 e. The average Bonchev–Trinajstić information content (AvgIpc) is 2.37. The summed E-state index contributed by atoms with van der Waals surface area (Å²) in [6, 6.07) is 1.94. The second kappa shape index (κ2) is 1.95. The predicted octanol–water partition coefficient (Wildman–Crippen LogP) is 2.61. The summed E-state index contributed by atoms with van der Waals surface area (Å²) in [4.78, 5) is 12.6. The van der Waals surface area contributed by atoms with Gasteiger partial charge in [0, 0.05) is 22.3 Å². The van der Waals surface area contributed by atoms with Crippen molar-refractivity contribution in [3.8, 4) is 0 Å². The van der Waals surface area contributed by atoms with Crippen molar-refractivity contribution in [3.05, 3.63) is 21.9 Å². The van der Waals surface area contributed by atoms with Crippen LogP contribution in [0.2, 0.25) is 0 Å². The van der Waals surface area contributed by atoms with Crippen molar-refractivity contribution < 1.29 is 4.79 Å². The van der Waals surface area contributed by atoms with Crippen molar-refractivity contribution in [3.63, 3.8) is 0 Å². The van der Waals surface area contributed by atoms with E-state index in [4.69, 9.17) is 0 Å². The molecule has 0 aliphatic heterocycles. The topological polar surface area (TPSA) is 17.1 Å². The van der Waals surface area contributed by atoms with E-state index < -0.39 is 0 Å². The number of rotatable bonds is 0. The summed E-state index contributed by atoms with van der Waals surface area (Å²) in [5.74, 6) is 0.311. The summed E-state index contributed by atoms with van der Waals surface area (Å²) in [5.41, 5.74) is 1.06. The lowest BCUT2D eigenvalue weighted by Gasteiger charge is -2.14. The highest BCUT2D eigenvalue weighted by atomic mass is 32.1. The Morgan fingerprint density at radius 3 is 2.91 bits per heavy atom. The quantitative estimate of drug-likeness (QED) is 0.579. The molecule has 1 heterocycles. The molecule has 0 amide bonds. The third-order valence-corrected chi connectivity index (χ3v) is 3.46. The van der Waals surface area contributed by atoms with Gasteiger partial charge in [-0.25, -0.2) is 0 Å². The predicted molar refractivity (Wildman–Crippen MR) is 46.3 cm³/mol. The maximum absolute atomic E-state index is 11.3. The van der Waals surface area contributed by atoms with Crippen molar-refractivity contribution >= 4 is 17.1 Å². The maximum atomic E-state index is 11.3. The lowest BCUT2D eigenvalue weighted by molar-refractivity contribution is 0.0979. The molecule has 0 bridgehead atoms. The van der Waals surface area contributed by atoms with Crippen LogP contribution < -0.4 is 0 Å². The third-order valence-electron chi connectivity index (χ3n) is 2.18. The molecule has 11 heavy (non-hydrogen) atoms. The molecule has 2 heteroatoms. The lowest BCUT2D eigenvalue weighted by atomic mass is 9.93. The fraction of sp³-hybridized carbons (Fsp3) is 0.444. The van der Waals surface area contributed by atoms with Crippen molar-refractivity contribution in [1.29, 1.82) is 0 Å². The van der Waals surface area contributed by atoms with Crippen LogP contribution in [-0.2, 0) is 5.41 Å². The number of hydrogen-bond donors (Lipinski definition) is 0. The van der Waals surface area contributed by atoms with Crippen LogP contribution in [0.4, 0.5) is 0 Å². The molecule has 1 aromatic rings. The van der Waals surface area contributed by atoms with Crippen LogP contribution in [-0.4, -0.2) is 5.78 Å². The van der Waals surface area contributed by atoms with E-state index in [1.165, 1.54) is 4.88 Å². The molecule has 0 N–H and O–H groups in total. The summed E-state index contributed by atoms with van der Waals surface area (Å²) in [5, 5.41) is 2.00. The molecular weight excluding hydrogens is 156 g/mol. The first-order valence-electron chi connectivity index (χ1n) is 3.72. The molecule has 0 atom stereocenters. The molecule has 0 saturated heterocycles. The number of carbonyl (C=O) groups is 1. The van der Waals surface area contributed by atoms with E-state index in [-0.39, 0.29) is 5.41 Å². The van der Waals surface area contributed by atoms with Gasteiger partial charge >= 0.3 is 0 Å². The zero-order valence-electron chi connectivity index (χ0n) is 6.68. The van der Waals surface area contributed by atoms with Gasteiger partial charge in [0.2, 0.25) is 0 Å². The highest BCUT2D eigenvalue weighted by Crippen LogP contribution is 2.41. The van der Waals surface area contributed by atoms with Crippen LogP contribution in [0.1, 0.15) is 35.5 Å². The smallest absolute Gasteiger partial charge is 0.164 e. The second-order valence-corrected chi connectivity index (χ2v) is 4.56. The molecule has 1 aliphatic carbocycles. The van der Waals surface area contributed by atoms with Gasteiger partial charge in [-0.1, -0.05) is 13.8 Å². The molecule has 1 aromatic heterocycles. The number of Topliss-reactive ketones (excluding diaryl/α,β-unsaturated/α-hetero) is 1. The fourth-order valence-electron chi connectivity index (χ4n) is 1.63. The lowest BCUT2D eigenvalue weighted by Crippen LogP contribution is -2.11. The first-order valence-corrected chi connectivity index (χ1v) is 4.60. The Bertz CT molecular complexity index is 309. The monoisotopic (exact) mass is 166 g/mol. The van der Waals surface area contributed by atoms with Gasteiger partial charge in [-0.2, -0.15) is 0 Å². The summed E-state index contributed by atoms with van der Waals surface area (Å²) in [6.45, 7) is 4.26. The minimum absolute atomic E-state index is 0.0978. The zero-order valence-corrected chi connectivity index (χ0v) is 7.49. The van der Waals surface area contributed by atoms with Crippen LogP contribution >= 0.6 is 11.3 Å². The van der Waals surface area contributed by atoms with E-state index in [0.29, 0.717) is 12.2 Å². The Morgan fingerprint density at radius 2 is 2.27 bits per heavy atom. The Hall–Kier alpha value is -0.630. The summed E-state index contributed by atoms with van der Waals surface area (Å²) >= 11 is 1.70.